The van der Waals surface area contributed by atoms with E-state index in [1.165, 1.54) is 0 Å². The lowest BCUT2D eigenvalue weighted by Crippen LogP contribution is -2.22. The largest absolute Gasteiger partial charge is 0.411 e. The molecule has 1 aromatic heterocycles. The van der Waals surface area contributed by atoms with E-state index in [1.54, 1.807) is 6.20 Å². The van der Waals surface area contributed by atoms with Gasteiger partial charge in [-0.15, -0.1) is 0 Å². The van der Waals surface area contributed by atoms with Gasteiger partial charge in [0.1, 0.15) is 0 Å². The quantitative estimate of drug-likeness (QED) is 0.410. The molecule has 1 rings (SSSR count). The van der Waals surface area contributed by atoms with E-state index in [2.05, 4.69) is 20.6 Å². The average molecular weight is 182 g/mol. The highest BCUT2D eigenvalue weighted by Crippen LogP contribution is 2.18. The molecule has 5 nitrogen and oxygen atoms in total. The molecule has 13 heavy (non-hydrogen) atoms. The molecule has 2 N–H and O–H groups in total. The van der Waals surface area contributed by atoms with Crippen molar-refractivity contribution in [3.8, 4) is 0 Å². The fourth-order valence-electron chi connectivity index (χ4n) is 0.933. The van der Waals surface area contributed by atoms with Crippen LogP contribution in [0.15, 0.2) is 11.4 Å². The first-order valence-electron chi connectivity index (χ1n) is 4.10. The van der Waals surface area contributed by atoms with Crippen molar-refractivity contribution >= 4 is 5.71 Å². The third-order valence-electron chi connectivity index (χ3n) is 1.80. The second kappa shape index (κ2) is 3.55. The smallest absolute Gasteiger partial charge is 0.0882 e. The molecule has 1 heterocycles. The molecule has 0 amide bonds. The summed E-state index contributed by atoms with van der Waals surface area (Å²) < 4.78 is 0. The number of nitrogens with one attached hydrogen (secondary N) is 1. The summed E-state index contributed by atoms with van der Waals surface area (Å²) in [5.74, 6) is 0. The van der Waals surface area contributed by atoms with Gasteiger partial charge >= 0.3 is 0 Å². The number of nitrogens with zero attached hydrogens (tertiary/aromatic N) is 3. The third kappa shape index (κ3) is 2.54. The molecular formula is C8H14N4O. The first-order chi connectivity index (χ1) is 6.04. The summed E-state index contributed by atoms with van der Waals surface area (Å²) in [6, 6.07) is 0. The SMILES string of the molecule is CC(C)(C)C(Cc1cn[nH]n1)=NO. The lowest BCUT2D eigenvalue weighted by Gasteiger charge is -2.18. The fraction of sp³-hybridized carbons (Fsp3) is 0.625. The van der Waals surface area contributed by atoms with E-state index in [0.29, 0.717) is 12.1 Å². The van der Waals surface area contributed by atoms with Gasteiger partial charge in [0.15, 0.2) is 0 Å². The van der Waals surface area contributed by atoms with Crippen molar-refractivity contribution in [1.82, 2.24) is 15.4 Å². The Balaban J connectivity index is 2.73. The van der Waals surface area contributed by atoms with E-state index in [1.807, 2.05) is 20.8 Å². The fourth-order valence-corrected chi connectivity index (χ4v) is 0.933. The van der Waals surface area contributed by atoms with E-state index in [4.69, 9.17) is 5.21 Å². The number of oxime groups is 1. The van der Waals surface area contributed by atoms with E-state index >= 15 is 0 Å². The van der Waals surface area contributed by atoms with Crippen molar-refractivity contribution in [2.45, 2.75) is 27.2 Å². The number of hydrogen-bond acceptors (Lipinski definition) is 4. The Bertz CT molecular complexity index is 284. The predicted octanol–water partition coefficient (Wildman–Crippen LogP) is 1.22. The van der Waals surface area contributed by atoms with Crippen molar-refractivity contribution in [2.24, 2.45) is 10.6 Å². The van der Waals surface area contributed by atoms with E-state index in [0.717, 1.165) is 5.69 Å². The van der Waals surface area contributed by atoms with Crippen LogP contribution in [0.1, 0.15) is 26.5 Å². The van der Waals surface area contributed by atoms with Crippen LogP contribution in [-0.4, -0.2) is 26.3 Å². The number of aromatic amines is 1. The summed E-state index contributed by atoms with van der Waals surface area (Å²) >= 11 is 0. The Hall–Kier alpha value is -1.39. The zero-order valence-electron chi connectivity index (χ0n) is 8.07. The third-order valence-corrected chi connectivity index (χ3v) is 1.80. The minimum Gasteiger partial charge on any atom is -0.411 e. The molecule has 72 valence electrons. The summed E-state index contributed by atoms with van der Waals surface area (Å²) in [5, 5.41) is 22.1. The molecule has 0 radical (unpaired) electrons. The first-order valence-corrected chi connectivity index (χ1v) is 4.10. The first kappa shape index (κ1) is 9.70. The molecule has 0 fully saturated rings. The van der Waals surface area contributed by atoms with E-state index in [-0.39, 0.29) is 5.41 Å². The lowest BCUT2D eigenvalue weighted by atomic mass is 9.87. The van der Waals surface area contributed by atoms with Gasteiger partial charge in [-0.25, -0.2) is 0 Å². The van der Waals surface area contributed by atoms with E-state index in [9.17, 15) is 0 Å². The summed E-state index contributed by atoms with van der Waals surface area (Å²) in [4.78, 5) is 0. The van der Waals surface area contributed by atoms with Crippen LogP contribution in [0, 0.1) is 5.41 Å². The highest BCUT2D eigenvalue weighted by molar-refractivity contribution is 5.90. The second-order valence-corrected chi connectivity index (χ2v) is 3.93. The van der Waals surface area contributed by atoms with Crippen LogP contribution in [0.5, 0.6) is 0 Å². The summed E-state index contributed by atoms with van der Waals surface area (Å²) in [5.41, 5.74) is 1.33. The predicted molar refractivity (Wildman–Crippen MR) is 48.8 cm³/mol. The van der Waals surface area contributed by atoms with E-state index < -0.39 is 0 Å². The van der Waals surface area contributed by atoms with Crippen LogP contribution in [0.4, 0.5) is 0 Å². The van der Waals surface area contributed by atoms with Gasteiger partial charge in [0, 0.05) is 11.8 Å². The van der Waals surface area contributed by atoms with Crippen LogP contribution >= 0.6 is 0 Å². The molecule has 5 heteroatoms. The minimum atomic E-state index is -0.145. The van der Waals surface area contributed by atoms with Crippen LogP contribution in [0.3, 0.4) is 0 Å². The highest BCUT2D eigenvalue weighted by atomic mass is 16.4. The normalized spacial score (nSPS) is 13.3. The van der Waals surface area contributed by atoms with Crippen LogP contribution in [-0.2, 0) is 6.42 Å². The summed E-state index contributed by atoms with van der Waals surface area (Å²) in [7, 11) is 0. The number of rotatable bonds is 2. The van der Waals surface area contributed by atoms with Gasteiger partial charge in [-0.05, 0) is 0 Å². The molecule has 0 atom stereocenters. The van der Waals surface area contributed by atoms with Crippen molar-refractivity contribution in [3.63, 3.8) is 0 Å². The molecule has 0 aliphatic heterocycles. The molecule has 1 aromatic rings. The van der Waals surface area contributed by atoms with Crippen molar-refractivity contribution in [1.29, 1.82) is 0 Å². The van der Waals surface area contributed by atoms with Gasteiger partial charge in [0.05, 0.1) is 17.6 Å². The number of aromatic nitrogens is 3. The van der Waals surface area contributed by atoms with Gasteiger partial charge in [-0.3, -0.25) is 0 Å². The molecule has 0 aliphatic rings. The van der Waals surface area contributed by atoms with Crippen LogP contribution < -0.4 is 0 Å². The maximum Gasteiger partial charge on any atom is 0.0882 e. The molecule has 0 unspecified atom stereocenters. The van der Waals surface area contributed by atoms with Gasteiger partial charge in [0.25, 0.3) is 0 Å². The Kier molecular flexibility index (Phi) is 2.65. The van der Waals surface area contributed by atoms with Crippen molar-refractivity contribution < 1.29 is 5.21 Å². The molecule has 0 aromatic carbocycles. The van der Waals surface area contributed by atoms with Gasteiger partial charge in [-0.1, -0.05) is 25.9 Å². The lowest BCUT2D eigenvalue weighted by molar-refractivity contribution is 0.309. The molecule has 0 bridgehead atoms. The maximum absolute atomic E-state index is 8.79. The van der Waals surface area contributed by atoms with Crippen molar-refractivity contribution in [3.05, 3.63) is 11.9 Å². The molecular weight excluding hydrogens is 168 g/mol. The number of hydrogen-bond donors (Lipinski definition) is 2. The van der Waals surface area contributed by atoms with Crippen LogP contribution in [0.2, 0.25) is 0 Å². The zero-order valence-corrected chi connectivity index (χ0v) is 8.07. The van der Waals surface area contributed by atoms with Gasteiger partial charge in [0.2, 0.25) is 0 Å². The summed E-state index contributed by atoms with van der Waals surface area (Å²) in [6.45, 7) is 5.96. The standard InChI is InChI=1S/C8H14N4O/c1-8(2,3)7(11-13)4-6-5-9-12-10-6/h5,13H,4H2,1-3H3,(H,9,10,12). The Morgan fingerprint density at radius 2 is 2.31 bits per heavy atom. The van der Waals surface area contributed by atoms with Crippen LogP contribution in [0.25, 0.3) is 0 Å². The van der Waals surface area contributed by atoms with Gasteiger partial charge in [-0.2, -0.15) is 15.4 Å². The summed E-state index contributed by atoms with van der Waals surface area (Å²) in [6.07, 6.45) is 2.15. The Labute approximate surface area is 76.9 Å². The Morgan fingerprint density at radius 1 is 1.62 bits per heavy atom. The topological polar surface area (TPSA) is 74.2 Å². The monoisotopic (exact) mass is 182 g/mol. The molecule has 0 saturated heterocycles. The Morgan fingerprint density at radius 3 is 2.69 bits per heavy atom. The number of H-pyrrole nitrogens is 1. The van der Waals surface area contributed by atoms with Crippen molar-refractivity contribution in [2.75, 3.05) is 0 Å². The molecule has 0 spiro atoms. The second-order valence-electron chi connectivity index (χ2n) is 3.93. The molecule has 0 saturated carbocycles. The highest BCUT2D eigenvalue weighted by Gasteiger charge is 2.20. The van der Waals surface area contributed by atoms with Gasteiger partial charge < -0.3 is 5.21 Å². The zero-order chi connectivity index (χ0) is 9.90. The maximum atomic E-state index is 8.79. The molecule has 0 aliphatic carbocycles. The average Bonchev–Trinajstić information content (AvgIpc) is 2.49. The minimum absolute atomic E-state index is 0.145.